The van der Waals surface area contributed by atoms with Crippen molar-refractivity contribution >= 4 is 37.4 Å². The Morgan fingerprint density at radius 1 is 0.967 bits per heavy atom. The van der Waals surface area contributed by atoms with E-state index in [4.69, 9.17) is 4.74 Å². The average molecular weight is 488 g/mol. The predicted octanol–water partition coefficient (Wildman–Crippen LogP) is 4.60. The van der Waals surface area contributed by atoms with E-state index in [2.05, 4.69) is 21.2 Å². The van der Waals surface area contributed by atoms with Crippen LogP contribution in [0.5, 0.6) is 5.75 Å². The summed E-state index contributed by atoms with van der Waals surface area (Å²) in [5.74, 6) is -0.638. The van der Waals surface area contributed by atoms with Crippen molar-refractivity contribution in [1.29, 1.82) is 0 Å². The van der Waals surface area contributed by atoms with Gasteiger partial charge in [0, 0.05) is 22.1 Å². The van der Waals surface area contributed by atoms with Gasteiger partial charge in [-0.1, -0.05) is 58.4 Å². The van der Waals surface area contributed by atoms with Crippen LogP contribution in [-0.4, -0.2) is 27.2 Å². The molecule has 1 N–H and O–H groups in total. The monoisotopic (exact) mass is 487 g/mol. The molecule has 3 aromatic rings. The molecule has 0 heterocycles. The van der Waals surface area contributed by atoms with Crippen LogP contribution in [0.4, 0.5) is 5.69 Å². The first-order chi connectivity index (χ1) is 14.3. The zero-order valence-electron chi connectivity index (χ0n) is 16.5. The van der Waals surface area contributed by atoms with Gasteiger partial charge in [-0.05, 0) is 41.5 Å². The summed E-state index contributed by atoms with van der Waals surface area (Å²) in [6, 6.07) is 22.2. The van der Waals surface area contributed by atoms with Crippen LogP contribution >= 0.6 is 15.9 Å². The summed E-state index contributed by atoms with van der Waals surface area (Å²) in [5, 5.41) is 2.69. The number of benzene rings is 3. The van der Waals surface area contributed by atoms with Crippen molar-refractivity contribution in [2.45, 2.75) is 12.2 Å². The van der Waals surface area contributed by atoms with E-state index in [0.29, 0.717) is 23.4 Å². The summed E-state index contributed by atoms with van der Waals surface area (Å²) in [6.07, 6.45) is 0.634. The van der Waals surface area contributed by atoms with E-state index in [1.54, 1.807) is 37.4 Å². The Hall–Kier alpha value is -2.64. The number of sulfone groups is 1. The molecule has 1 amide bonds. The second kappa shape index (κ2) is 9.91. The Balaban J connectivity index is 1.69. The smallest absolute Gasteiger partial charge is 0.239 e. The lowest BCUT2D eigenvalue weighted by atomic mass is 10.0. The van der Waals surface area contributed by atoms with E-state index in [1.165, 1.54) is 0 Å². The van der Waals surface area contributed by atoms with Gasteiger partial charge in [-0.2, -0.15) is 0 Å². The summed E-state index contributed by atoms with van der Waals surface area (Å²) >= 11 is 3.32. The molecule has 0 unspecified atom stereocenters. The summed E-state index contributed by atoms with van der Waals surface area (Å²) in [6.45, 7) is 0. The average Bonchev–Trinajstić information content (AvgIpc) is 2.68. The van der Waals surface area contributed by atoms with Crippen LogP contribution in [0, 0.1) is 0 Å². The number of hydrogen-bond acceptors (Lipinski definition) is 4. The summed E-state index contributed by atoms with van der Waals surface area (Å²) < 4.78 is 31.1. The van der Waals surface area contributed by atoms with Gasteiger partial charge >= 0.3 is 0 Å². The molecule has 0 aliphatic carbocycles. The van der Waals surface area contributed by atoms with Gasteiger partial charge in [-0.25, -0.2) is 8.42 Å². The molecule has 156 valence electrons. The standard InChI is InChI=1S/C23H22BrNO4S/c1-29-22-11-10-21(14-19(22)12-17-6-3-2-4-7-17)25-23(26)16-30(27,28)15-18-8-5-9-20(24)13-18/h2-11,13-14H,12,15-16H2,1H3,(H,25,26). The largest absolute Gasteiger partial charge is 0.496 e. The number of nitrogens with one attached hydrogen (secondary N) is 1. The molecular formula is C23H22BrNO4S. The quantitative estimate of drug-likeness (QED) is 0.503. The molecule has 0 radical (unpaired) electrons. The van der Waals surface area contributed by atoms with Crippen LogP contribution in [0.2, 0.25) is 0 Å². The lowest BCUT2D eigenvalue weighted by Gasteiger charge is -2.12. The van der Waals surface area contributed by atoms with Crippen molar-refractivity contribution in [3.63, 3.8) is 0 Å². The second-order valence-electron chi connectivity index (χ2n) is 6.90. The zero-order chi connectivity index (χ0) is 21.6. The Morgan fingerprint density at radius 2 is 1.70 bits per heavy atom. The number of ether oxygens (including phenoxy) is 1. The van der Waals surface area contributed by atoms with Gasteiger partial charge in [0.05, 0.1) is 12.9 Å². The minimum Gasteiger partial charge on any atom is -0.496 e. The first-order valence-electron chi connectivity index (χ1n) is 9.30. The highest BCUT2D eigenvalue weighted by Gasteiger charge is 2.18. The second-order valence-corrected chi connectivity index (χ2v) is 9.88. The van der Waals surface area contributed by atoms with E-state index in [1.807, 2.05) is 42.5 Å². The van der Waals surface area contributed by atoms with E-state index in [-0.39, 0.29) is 5.75 Å². The summed E-state index contributed by atoms with van der Waals surface area (Å²) in [7, 11) is -2.01. The number of anilines is 1. The third kappa shape index (κ3) is 6.43. The third-order valence-corrected chi connectivity index (χ3v) is 6.40. The molecule has 0 aliphatic heterocycles. The molecule has 0 saturated heterocycles. The van der Waals surface area contributed by atoms with E-state index < -0.39 is 21.5 Å². The van der Waals surface area contributed by atoms with E-state index in [0.717, 1.165) is 15.6 Å². The van der Waals surface area contributed by atoms with Gasteiger partial charge in [0.2, 0.25) is 5.91 Å². The highest BCUT2D eigenvalue weighted by molar-refractivity contribution is 9.10. The molecule has 7 heteroatoms. The van der Waals surface area contributed by atoms with Gasteiger partial charge < -0.3 is 10.1 Å². The molecule has 0 spiro atoms. The number of carbonyl (C=O) groups excluding carboxylic acids is 1. The lowest BCUT2D eigenvalue weighted by Crippen LogP contribution is -2.24. The van der Waals surface area contributed by atoms with Gasteiger partial charge in [-0.3, -0.25) is 4.79 Å². The van der Waals surface area contributed by atoms with Crippen LogP contribution in [-0.2, 0) is 26.8 Å². The van der Waals surface area contributed by atoms with Crippen LogP contribution in [0.3, 0.4) is 0 Å². The fourth-order valence-corrected chi connectivity index (χ4v) is 4.85. The van der Waals surface area contributed by atoms with Crippen LogP contribution in [0.25, 0.3) is 0 Å². The number of carbonyl (C=O) groups is 1. The zero-order valence-corrected chi connectivity index (χ0v) is 18.9. The number of amides is 1. The predicted molar refractivity (Wildman–Crippen MR) is 123 cm³/mol. The molecule has 3 rings (SSSR count). The highest BCUT2D eigenvalue weighted by atomic mass is 79.9. The Morgan fingerprint density at radius 3 is 2.40 bits per heavy atom. The first-order valence-corrected chi connectivity index (χ1v) is 11.9. The van der Waals surface area contributed by atoms with Crippen molar-refractivity contribution in [3.05, 3.63) is 94.0 Å². The van der Waals surface area contributed by atoms with E-state index >= 15 is 0 Å². The van der Waals surface area contributed by atoms with Crippen LogP contribution < -0.4 is 10.1 Å². The first kappa shape index (κ1) is 22.1. The minimum atomic E-state index is -3.60. The summed E-state index contributed by atoms with van der Waals surface area (Å²) in [5.41, 5.74) is 3.17. The fraction of sp³-hybridized carbons (Fsp3) is 0.174. The maximum absolute atomic E-state index is 12.4. The molecule has 0 atom stereocenters. The van der Waals surface area contributed by atoms with Gasteiger partial charge in [-0.15, -0.1) is 0 Å². The molecule has 0 saturated carbocycles. The normalized spacial score (nSPS) is 11.1. The molecule has 0 aromatic heterocycles. The van der Waals surface area contributed by atoms with Crippen molar-refractivity contribution in [2.75, 3.05) is 18.2 Å². The Bertz CT molecular complexity index is 1130. The topological polar surface area (TPSA) is 72.5 Å². The van der Waals surface area contributed by atoms with Crippen LogP contribution in [0.1, 0.15) is 16.7 Å². The van der Waals surface area contributed by atoms with E-state index in [9.17, 15) is 13.2 Å². The van der Waals surface area contributed by atoms with Crippen molar-refractivity contribution in [2.24, 2.45) is 0 Å². The third-order valence-electron chi connectivity index (χ3n) is 4.43. The van der Waals surface area contributed by atoms with Crippen LogP contribution in [0.15, 0.2) is 77.3 Å². The number of methoxy groups -OCH3 is 1. The maximum atomic E-state index is 12.4. The number of halogens is 1. The molecule has 30 heavy (non-hydrogen) atoms. The van der Waals surface area contributed by atoms with Crippen molar-refractivity contribution in [1.82, 2.24) is 0 Å². The molecule has 0 bridgehead atoms. The molecule has 5 nitrogen and oxygen atoms in total. The lowest BCUT2D eigenvalue weighted by molar-refractivity contribution is -0.113. The molecule has 0 fully saturated rings. The number of rotatable bonds is 8. The van der Waals surface area contributed by atoms with Crippen molar-refractivity contribution < 1.29 is 17.9 Å². The molecule has 0 aliphatic rings. The highest BCUT2D eigenvalue weighted by Crippen LogP contribution is 2.25. The Kier molecular flexibility index (Phi) is 7.29. The minimum absolute atomic E-state index is 0.193. The maximum Gasteiger partial charge on any atom is 0.239 e. The van der Waals surface area contributed by atoms with Gasteiger partial charge in [0.1, 0.15) is 11.5 Å². The molecule has 3 aromatic carbocycles. The van der Waals surface area contributed by atoms with Gasteiger partial charge in [0.25, 0.3) is 0 Å². The fourth-order valence-electron chi connectivity index (χ4n) is 3.14. The van der Waals surface area contributed by atoms with Crippen molar-refractivity contribution in [3.8, 4) is 5.75 Å². The Labute approximate surface area is 185 Å². The number of hydrogen-bond donors (Lipinski definition) is 1. The SMILES string of the molecule is COc1ccc(NC(=O)CS(=O)(=O)Cc2cccc(Br)c2)cc1Cc1ccccc1. The summed E-state index contributed by atoms with van der Waals surface area (Å²) in [4.78, 5) is 12.4. The molecular weight excluding hydrogens is 466 g/mol. The van der Waals surface area contributed by atoms with Gasteiger partial charge in [0.15, 0.2) is 9.84 Å².